The number of hydrogen-bond donors (Lipinski definition) is 1. The minimum Gasteiger partial charge on any atom is -0.393 e. The molecule has 1 aliphatic rings. The van der Waals surface area contributed by atoms with Crippen LogP contribution in [0.2, 0.25) is 0 Å². The Morgan fingerprint density at radius 2 is 1.84 bits per heavy atom. The van der Waals surface area contributed by atoms with E-state index in [1.165, 1.54) is 24.3 Å². The van der Waals surface area contributed by atoms with E-state index in [0.717, 1.165) is 16.3 Å². The molecule has 4 rings (SSSR count). The summed E-state index contributed by atoms with van der Waals surface area (Å²) in [4.78, 5) is 29.2. The van der Waals surface area contributed by atoms with Gasteiger partial charge in [0, 0.05) is 59.7 Å². The number of nitrogen functional groups attached to an aromatic ring is 1. The minimum absolute atomic E-state index is 0.0390. The summed E-state index contributed by atoms with van der Waals surface area (Å²) in [5, 5.41) is 11.1. The second-order valence-electron chi connectivity index (χ2n) is 7.34. The van der Waals surface area contributed by atoms with Gasteiger partial charge >= 0.3 is 0 Å². The van der Waals surface area contributed by atoms with Crippen molar-refractivity contribution in [1.29, 1.82) is 0 Å². The van der Waals surface area contributed by atoms with Gasteiger partial charge in [0.2, 0.25) is 0 Å². The number of carbonyl (C=O) groups is 1. The zero-order valence-corrected chi connectivity index (χ0v) is 17.5. The van der Waals surface area contributed by atoms with Gasteiger partial charge in [-0.3, -0.25) is 19.8 Å². The van der Waals surface area contributed by atoms with Crippen LogP contribution in [0.1, 0.15) is 15.2 Å². The van der Waals surface area contributed by atoms with Crippen molar-refractivity contribution in [3.05, 3.63) is 81.0 Å². The van der Waals surface area contributed by atoms with Gasteiger partial charge in [-0.2, -0.15) is 0 Å². The Hall–Kier alpha value is -3.30. The molecule has 1 amide bonds. The molecular formula is C22H21FN4O3S. The molecule has 1 saturated heterocycles. The highest BCUT2D eigenvalue weighted by Gasteiger charge is 2.24. The third-order valence-corrected chi connectivity index (χ3v) is 6.42. The smallest absolute Gasteiger partial charge is 0.292 e. The summed E-state index contributed by atoms with van der Waals surface area (Å²) in [7, 11) is 0. The molecule has 0 bridgehead atoms. The zero-order chi connectivity index (χ0) is 22.0. The first kappa shape index (κ1) is 21.0. The fourth-order valence-electron chi connectivity index (χ4n) is 3.62. The standard InChI is InChI=1S/C22H21FN4O3S/c23-18-4-2-1-3-17(18)21-8-6-16(31-21)14-25-9-11-26(12-10-25)22(28)15-5-7-19(24)20(13-15)27(29)30/h1-8,13H,9-12,14,24H2. The Morgan fingerprint density at radius 3 is 2.55 bits per heavy atom. The number of nitro groups is 1. The summed E-state index contributed by atoms with van der Waals surface area (Å²) in [6.45, 7) is 3.17. The SMILES string of the molecule is Nc1ccc(C(=O)N2CCN(Cc3ccc(-c4ccccc4F)s3)CC2)cc1[N+](=O)[O-]. The second-order valence-corrected chi connectivity index (χ2v) is 8.51. The molecule has 0 atom stereocenters. The fraction of sp³-hybridized carbons (Fsp3) is 0.227. The van der Waals surface area contributed by atoms with Crippen LogP contribution < -0.4 is 5.73 Å². The summed E-state index contributed by atoms with van der Waals surface area (Å²) in [5.74, 6) is -0.466. The molecule has 1 aliphatic heterocycles. The number of halogens is 1. The Balaban J connectivity index is 1.36. The highest BCUT2D eigenvalue weighted by atomic mass is 32.1. The van der Waals surface area contributed by atoms with E-state index in [2.05, 4.69) is 4.90 Å². The van der Waals surface area contributed by atoms with Crippen molar-refractivity contribution in [2.45, 2.75) is 6.54 Å². The van der Waals surface area contributed by atoms with Crippen LogP contribution in [-0.2, 0) is 6.54 Å². The Bertz CT molecular complexity index is 1130. The lowest BCUT2D eigenvalue weighted by atomic mass is 10.1. The van der Waals surface area contributed by atoms with Crippen molar-refractivity contribution >= 4 is 28.6 Å². The average Bonchev–Trinajstić information content (AvgIpc) is 3.22. The van der Waals surface area contributed by atoms with Crippen molar-refractivity contribution in [3.63, 3.8) is 0 Å². The molecule has 0 saturated carbocycles. The number of nitro benzene ring substituents is 1. The number of nitrogens with zero attached hydrogens (tertiary/aromatic N) is 3. The number of nitrogens with two attached hydrogens (primary N) is 1. The molecule has 3 aromatic rings. The quantitative estimate of drug-likeness (QED) is 0.368. The van der Waals surface area contributed by atoms with E-state index in [1.54, 1.807) is 28.4 Å². The molecule has 160 valence electrons. The van der Waals surface area contributed by atoms with Gasteiger partial charge in [-0.15, -0.1) is 11.3 Å². The third-order valence-electron chi connectivity index (χ3n) is 5.31. The average molecular weight is 441 g/mol. The zero-order valence-electron chi connectivity index (χ0n) is 16.7. The largest absolute Gasteiger partial charge is 0.393 e. The first-order valence-electron chi connectivity index (χ1n) is 9.81. The molecule has 9 heteroatoms. The normalized spacial score (nSPS) is 14.5. The molecule has 2 heterocycles. The van der Waals surface area contributed by atoms with Crippen LogP contribution in [0.5, 0.6) is 0 Å². The predicted molar refractivity (Wildman–Crippen MR) is 118 cm³/mol. The van der Waals surface area contributed by atoms with Gasteiger partial charge < -0.3 is 10.6 Å². The van der Waals surface area contributed by atoms with E-state index in [9.17, 15) is 19.3 Å². The Kier molecular flexibility index (Phi) is 5.97. The lowest BCUT2D eigenvalue weighted by Gasteiger charge is -2.34. The summed E-state index contributed by atoms with van der Waals surface area (Å²) < 4.78 is 14.0. The first-order chi connectivity index (χ1) is 14.9. The molecule has 7 nitrogen and oxygen atoms in total. The number of hydrogen-bond acceptors (Lipinski definition) is 6. The summed E-state index contributed by atoms with van der Waals surface area (Å²) >= 11 is 1.57. The van der Waals surface area contributed by atoms with Crippen molar-refractivity contribution in [2.75, 3.05) is 31.9 Å². The molecule has 31 heavy (non-hydrogen) atoms. The van der Waals surface area contributed by atoms with Crippen LogP contribution >= 0.6 is 11.3 Å². The number of anilines is 1. The molecule has 2 N–H and O–H groups in total. The Morgan fingerprint density at radius 1 is 1.10 bits per heavy atom. The molecule has 2 aromatic carbocycles. The van der Waals surface area contributed by atoms with Crippen LogP contribution in [-0.4, -0.2) is 46.8 Å². The van der Waals surface area contributed by atoms with Gasteiger partial charge in [-0.25, -0.2) is 4.39 Å². The Labute approximate surface area is 182 Å². The van der Waals surface area contributed by atoms with Crippen molar-refractivity contribution in [1.82, 2.24) is 9.80 Å². The van der Waals surface area contributed by atoms with E-state index >= 15 is 0 Å². The van der Waals surface area contributed by atoms with Gasteiger partial charge in [-0.05, 0) is 30.3 Å². The minimum atomic E-state index is -0.583. The topological polar surface area (TPSA) is 92.7 Å². The van der Waals surface area contributed by atoms with Crippen LogP contribution in [0.3, 0.4) is 0 Å². The summed E-state index contributed by atoms with van der Waals surface area (Å²) in [6, 6.07) is 14.8. The van der Waals surface area contributed by atoms with Crippen molar-refractivity contribution in [2.24, 2.45) is 0 Å². The lowest BCUT2D eigenvalue weighted by Crippen LogP contribution is -2.48. The van der Waals surface area contributed by atoms with Gasteiger partial charge in [0.25, 0.3) is 11.6 Å². The van der Waals surface area contributed by atoms with Gasteiger partial charge in [0.15, 0.2) is 0 Å². The molecule has 0 aliphatic carbocycles. The second kappa shape index (κ2) is 8.83. The number of amides is 1. The predicted octanol–water partition coefficient (Wildman–Crippen LogP) is 4.00. The molecule has 0 spiro atoms. The third kappa shape index (κ3) is 4.57. The summed E-state index contributed by atoms with van der Waals surface area (Å²) in [6.07, 6.45) is 0. The number of rotatable bonds is 5. The molecule has 1 fully saturated rings. The first-order valence-corrected chi connectivity index (χ1v) is 10.6. The van der Waals surface area contributed by atoms with E-state index in [-0.39, 0.29) is 28.7 Å². The fourth-order valence-corrected chi connectivity index (χ4v) is 4.69. The number of carbonyl (C=O) groups excluding carboxylic acids is 1. The molecule has 0 unspecified atom stereocenters. The maximum atomic E-state index is 14.0. The number of piperazine rings is 1. The molecular weight excluding hydrogens is 419 g/mol. The number of benzene rings is 2. The number of thiophene rings is 1. The maximum Gasteiger partial charge on any atom is 0.292 e. The van der Waals surface area contributed by atoms with Crippen LogP contribution in [0, 0.1) is 15.9 Å². The van der Waals surface area contributed by atoms with Gasteiger partial charge in [0.1, 0.15) is 11.5 Å². The van der Waals surface area contributed by atoms with Crippen molar-refractivity contribution in [3.8, 4) is 10.4 Å². The van der Waals surface area contributed by atoms with Crippen molar-refractivity contribution < 1.29 is 14.1 Å². The van der Waals surface area contributed by atoms with E-state index in [4.69, 9.17) is 5.73 Å². The highest BCUT2D eigenvalue weighted by molar-refractivity contribution is 7.15. The van der Waals surface area contributed by atoms with E-state index in [0.29, 0.717) is 31.7 Å². The van der Waals surface area contributed by atoms with E-state index in [1.807, 2.05) is 18.2 Å². The van der Waals surface area contributed by atoms with Crippen LogP contribution in [0.4, 0.5) is 15.8 Å². The van der Waals surface area contributed by atoms with Gasteiger partial charge in [-0.1, -0.05) is 18.2 Å². The van der Waals surface area contributed by atoms with E-state index < -0.39 is 4.92 Å². The molecule has 0 radical (unpaired) electrons. The van der Waals surface area contributed by atoms with Gasteiger partial charge in [0.05, 0.1) is 4.92 Å². The molecule has 1 aromatic heterocycles. The summed E-state index contributed by atoms with van der Waals surface area (Å²) in [5.41, 5.74) is 6.27. The monoisotopic (exact) mass is 440 g/mol. The lowest BCUT2D eigenvalue weighted by molar-refractivity contribution is -0.383. The maximum absolute atomic E-state index is 14.0. The highest BCUT2D eigenvalue weighted by Crippen LogP contribution is 2.31. The van der Waals surface area contributed by atoms with Crippen LogP contribution in [0.15, 0.2) is 54.6 Å². The van der Waals surface area contributed by atoms with Crippen LogP contribution in [0.25, 0.3) is 10.4 Å².